The van der Waals surface area contributed by atoms with Gasteiger partial charge in [0.25, 0.3) is 0 Å². The largest absolute Gasteiger partial charge is 0.478 e. The Hall–Kier alpha value is -2.96. The number of carbonyl (C=O) groups is 2. The van der Waals surface area contributed by atoms with Crippen LogP contribution in [0, 0.1) is 0 Å². The van der Waals surface area contributed by atoms with Gasteiger partial charge in [0.1, 0.15) is 0 Å². The summed E-state index contributed by atoms with van der Waals surface area (Å²) in [6.07, 6.45) is 3.70. The molecule has 0 atom stereocenters. The lowest BCUT2D eigenvalue weighted by Gasteiger charge is -2.34. The third-order valence-electron chi connectivity index (χ3n) is 4.02. The van der Waals surface area contributed by atoms with E-state index in [1.807, 2.05) is 4.90 Å². The second-order valence-electron chi connectivity index (χ2n) is 5.60. The zero-order valence-electron chi connectivity index (χ0n) is 13.1. The molecule has 2 heterocycles. The molecule has 1 aliphatic rings. The monoisotopic (exact) mass is 326 g/mol. The Balaban J connectivity index is 1.54. The van der Waals surface area contributed by atoms with Crippen LogP contribution in [0.1, 0.15) is 15.9 Å². The molecule has 1 aromatic heterocycles. The van der Waals surface area contributed by atoms with Crippen LogP contribution in [-0.4, -0.2) is 58.0 Å². The van der Waals surface area contributed by atoms with E-state index in [9.17, 15) is 9.59 Å². The summed E-state index contributed by atoms with van der Waals surface area (Å²) in [4.78, 5) is 35.6. The number of carboxylic acids is 1. The van der Waals surface area contributed by atoms with Crippen LogP contribution in [-0.2, 0) is 11.2 Å². The van der Waals surface area contributed by atoms with Crippen LogP contribution >= 0.6 is 0 Å². The van der Waals surface area contributed by atoms with Crippen LogP contribution in [0.4, 0.5) is 5.95 Å². The third kappa shape index (κ3) is 3.68. The molecule has 1 amide bonds. The molecule has 0 radical (unpaired) electrons. The van der Waals surface area contributed by atoms with Crippen molar-refractivity contribution in [3.8, 4) is 0 Å². The maximum atomic E-state index is 12.4. The van der Waals surface area contributed by atoms with Crippen molar-refractivity contribution >= 4 is 17.8 Å². The number of carbonyl (C=O) groups excluding carboxylic acids is 1. The van der Waals surface area contributed by atoms with E-state index in [4.69, 9.17) is 5.11 Å². The first-order chi connectivity index (χ1) is 11.6. The SMILES string of the molecule is O=C(O)c1ccc(CC(=O)N2CCN(c3ncccn3)CC2)cc1. The van der Waals surface area contributed by atoms with Gasteiger partial charge in [-0.25, -0.2) is 14.8 Å². The van der Waals surface area contributed by atoms with Crippen molar-refractivity contribution in [1.82, 2.24) is 14.9 Å². The van der Waals surface area contributed by atoms with Gasteiger partial charge >= 0.3 is 5.97 Å². The van der Waals surface area contributed by atoms with E-state index in [1.165, 1.54) is 12.1 Å². The smallest absolute Gasteiger partial charge is 0.335 e. The second-order valence-corrected chi connectivity index (χ2v) is 5.60. The molecule has 0 unspecified atom stereocenters. The highest BCUT2D eigenvalue weighted by molar-refractivity contribution is 5.87. The van der Waals surface area contributed by atoms with Gasteiger partial charge in [0.2, 0.25) is 11.9 Å². The van der Waals surface area contributed by atoms with Crippen molar-refractivity contribution < 1.29 is 14.7 Å². The minimum absolute atomic E-state index is 0.0479. The molecule has 1 saturated heterocycles. The molecular weight excluding hydrogens is 308 g/mol. The topological polar surface area (TPSA) is 86.6 Å². The molecule has 0 saturated carbocycles. The van der Waals surface area contributed by atoms with Crippen molar-refractivity contribution in [3.05, 3.63) is 53.9 Å². The number of anilines is 1. The summed E-state index contributed by atoms with van der Waals surface area (Å²) in [5.74, 6) is -0.229. The summed E-state index contributed by atoms with van der Waals surface area (Å²) in [5.41, 5.74) is 1.04. The summed E-state index contributed by atoms with van der Waals surface area (Å²) < 4.78 is 0. The van der Waals surface area contributed by atoms with Crippen LogP contribution in [0.3, 0.4) is 0 Å². The van der Waals surface area contributed by atoms with E-state index < -0.39 is 5.97 Å². The molecular formula is C17H18N4O3. The Morgan fingerprint density at radius 1 is 1.00 bits per heavy atom. The Kier molecular flexibility index (Phi) is 4.69. The highest BCUT2D eigenvalue weighted by Gasteiger charge is 2.22. The zero-order chi connectivity index (χ0) is 16.9. The Morgan fingerprint density at radius 3 is 2.21 bits per heavy atom. The van der Waals surface area contributed by atoms with Crippen LogP contribution in [0.25, 0.3) is 0 Å². The number of carboxylic acid groups (broad SMARTS) is 1. The maximum absolute atomic E-state index is 12.4. The van der Waals surface area contributed by atoms with Gasteiger partial charge in [0.05, 0.1) is 12.0 Å². The van der Waals surface area contributed by atoms with Crippen LogP contribution < -0.4 is 4.90 Å². The fourth-order valence-corrected chi connectivity index (χ4v) is 2.66. The van der Waals surface area contributed by atoms with Crippen LogP contribution in [0.15, 0.2) is 42.7 Å². The number of hydrogen-bond acceptors (Lipinski definition) is 5. The zero-order valence-corrected chi connectivity index (χ0v) is 13.1. The van der Waals surface area contributed by atoms with E-state index in [0.29, 0.717) is 32.1 Å². The number of rotatable bonds is 4. The van der Waals surface area contributed by atoms with Crippen molar-refractivity contribution in [2.75, 3.05) is 31.1 Å². The number of benzene rings is 1. The van der Waals surface area contributed by atoms with Crippen LogP contribution in [0.5, 0.6) is 0 Å². The molecule has 0 aliphatic carbocycles. The van der Waals surface area contributed by atoms with E-state index >= 15 is 0 Å². The fourth-order valence-electron chi connectivity index (χ4n) is 2.66. The molecule has 0 bridgehead atoms. The predicted octanol–water partition coefficient (Wildman–Crippen LogP) is 1.07. The van der Waals surface area contributed by atoms with E-state index in [2.05, 4.69) is 14.9 Å². The maximum Gasteiger partial charge on any atom is 0.335 e. The van der Waals surface area contributed by atoms with Gasteiger partial charge in [-0.1, -0.05) is 12.1 Å². The summed E-state index contributed by atoms with van der Waals surface area (Å²) in [7, 11) is 0. The van der Waals surface area contributed by atoms with Crippen molar-refractivity contribution in [2.45, 2.75) is 6.42 Å². The Labute approximate surface area is 139 Å². The molecule has 1 N–H and O–H groups in total. The summed E-state index contributed by atoms with van der Waals surface area (Å²) in [5, 5.41) is 8.89. The average Bonchev–Trinajstić information content (AvgIpc) is 2.63. The fraction of sp³-hybridized carbons (Fsp3) is 0.294. The Bertz CT molecular complexity index is 710. The lowest BCUT2D eigenvalue weighted by atomic mass is 10.1. The Morgan fingerprint density at radius 2 is 1.62 bits per heavy atom. The minimum Gasteiger partial charge on any atom is -0.478 e. The van der Waals surface area contributed by atoms with Gasteiger partial charge in [0, 0.05) is 38.6 Å². The van der Waals surface area contributed by atoms with Crippen molar-refractivity contribution in [2.24, 2.45) is 0 Å². The number of aromatic nitrogens is 2. The lowest BCUT2D eigenvalue weighted by molar-refractivity contribution is -0.130. The van der Waals surface area contributed by atoms with Gasteiger partial charge < -0.3 is 14.9 Å². The van der Waals surface area contributed by atoms with Gasteiger partial charge in [-0.3, -0.25) is 4.79 Å². The van der Waals surface area contributed by atoms with E-state index in [1.54, 1.807) is 30.6 Å². The van der Waals surface area contributed by atoms with E-state index in [0.717, 1.165) is 5.56 Å². The summed E-state index contributed by atoms with van der Waals surface area (Å²) in [6, 6.07) is 8.20. The lowest BCUT2D eigenvalue weighted by Crippen LogP contribution is -2.49. The number of amides is 1. The summed E-state index contributed by atoms with van der Waals surface area (Å²) >= 11 is 0. The van der Waals surface area contributed by atoms with Crippen LogP contribution in [0.2, 0.25) is 0 Å². The second kappa shape index (κ2) is 7.08. The predicted molar refractivity (Wildman–Crippen MR) is 87.9 cm³/mol. The number of aromatic carboxylic acids is 1. The first-order valence-corrected chi connectivity index (χ1v) is 7.75. The standard InChI is InChI=1S/C17H18N4O3/c22-15(12-13-2-4-14(5-3-13)16(23)24)20-8-10-21(11-9-20)17-18-6-1-7-19-17/h1-7H,8-12H2,(H,23,24). The van der Waals surface area contributed by atoms with Gasteiger partial charge in [-0.05, 0) is 23.8 Å². The van der Waals surface area contributed by atoms with E-state index in [-0.39, 0.29) is 17.9 Å². The van der Waals surface area contributed by atoms with Gasteiger partial charge in [-0.2, -0.15) is 0 Å². The molecule has 3 rings (SSSR count). The normalized spacial score (nSPS) is 14.5. The third-order valence-corrected chi connectivity index (χ3v) is 4.02. The highest BCUT2D eigenvalue weighted by atomic mass is 16.4. The number of nitrogens with zero attached hydrogens (tertiary/aromatic N) is 4. The molecule has 0 spiro atoms. The molecule has 2 aromatic rings. The van der Waals surface area contributed by atoms with Crippen molar-refractivity contribution in [3.63, 3.8) is 0 Å². The molecule has 1 aromatic carbocycles. The molecule has 7 nitrogen and oxygen atoms in total. The summed E-state index contributed by atoms with van der Waals surface area (Å²) in [6.45, 7) is 2.66. The van der Waals surface area contributed by atoms with Gasteiger partial charge in [-0.15, -0.1) is 0 Å². The van der Waals surface area contributed by atoms with Gasteiger partial charge in [0.15, 0.2) is 0 Å². The number of piperazine rings is 1. The number of hydrogen-bond donors (Lipinski definition) is 1. The first kappa shape index (κ1) is 15.9. The molecule has 124 valence electrons. The molecule has 1 fully saturated rings. The quantitative estimate of drug-likeness (QED) is 0.904. The first-order valence-electron chi connectivity index (χ1n) is 7.75. The average molecular weight is 326 g/mol. The minimum atomic E-state index is -0.966. The molecule has 7 heteroatoms. The van der Waals surface area contributed by atoms with Crippen molar-refractivity contribution in [1.29, 1.82) is 0 Å². The highest BCUT2D eigenvalue weighted by Crippen LogP contribution is 2.12. The molecule has 1 aliphatic heterocycles. The molecule has 24 heavy (non-hydrogen) atoms.